The lowest BCUT2D eigenvalue weighted by atomic mass is 10.1. The molecule has 1 aromatic heterocycles. The quantitative estimate of drug-likeness (QED) is 0.851. The predicted octanol–water partition coefficient (Wildman–Crippen LogP) is 3.25. The van der Waals surface area contributed by atoms with Gasteiger partial charge in [-0.3, -0.25) is 4.79 Å². The number of aryl methyl sites for hydroxylation is 1. The fourth-order valence-corrected chi connectivity index (χ4v) is 3.27. The number of amides is 1. The summed E-state index contributed by atoms with van der Waals surface area (Å²) in [6, 6.07) is 9.74. The summed E-state index contributed by atoms with van der Waals surface area (Å²) in [6.07, 6.45) is -0.0626. The average molecular weight is 258 g/mol. The van der Waals surface area contributed by atoms with Gasteiger partial charge >= 0.3 is 0 Å². The highest BCUT2D eigenvalue weighted by Gasteiger charge is 2.31. The largest absolute Gasteiger partial charge is 0.360 e. The van der Waals surface area contributed by atoms with E-state index in [0.29, 0.717) is 0 Å². The summed E-state index contributed by atoms with van der Waals surface area (Å²) in [5.41, 5.74) is 2.88. The van der Waals surface area contributed by atoms with Crippen LogP contribution in [-0.4, -0.2) is 17.9 Å². The van der Waals surface area contributed by atoms with Crippen molar-refractivity contribution >= 4 is 22.9 Å². The third-order valence-corrected chi connectivity index (χ3v) is 4.38. The van der Waals surface area contributed by atoms with Gasteiger partial charge in [0.05, 0.1) is 10.4 Å². The SMILES string of the molecule is Cc1ccsc1[C@@H]1Nc2ccccc2C(=O)N1C. The van der Waals surface area contributed by atoms with Crippen LogP contribution in [0.5, 0.6) is 0 Å². The van der Waals surface area contributed by atoms with Crippen molar-refractivity contribution in [1.29, 1.82) is 0 Å². The van der Waals surface area contributed by atoms with E-state index in [2.05, 4.69) is 23.7 Å². The van der Waals surface area contributed by atoms with Crippen LogP contribution in [0.15, 0.2) is 35.7 Å². The minimum Gasteiger partial charge on any atom is -0.360 e. The lowest BCUT2D eigenvalue weighted by Gasteiger charge is -2.35. The Morgan fingerprint density at radius 1 is 1.28 bits per heavy atom. The maximum absolute atomic E-state index is 12.3. The van der Waals surface area contributed by atoms with Gasteiger partial charge in [-0.15, -0.1) is 11.3 Å². The molecule has 1 amide bonds. The predicted molar refractivity (Wildman–Crippen MR) is 74.0 cm³/mol. The van der Waals surface area contributed by atoms with Crippen LogP contribution >= 0.6 is 11.3 Å². The molecule has 4 heteroatoms. The second-order valence-electron chi connectivity index (χ2n) is 4.48. The van der Waals surface area contributed by atoms with Crippen LogP contribution in [0.4, 0.5) is 5.69 Å². The maximum atomic E-state index is 12.3. The van der Waals surface area contributed by atoms with Gasteiger partial charge < -0.3 is 10.2 Å². The number of carbonyl (C=O) groups excluding carboxylic acids is 1. The smallest absolute Gasteiger partial charge is 0.257 e. The van der Waals surface area contributed by atoms with E-state index in [-0.39, 0.29) is 12.1 Å². The van der Waals surface area contributed by atoms with E-state index < -0.39 is 0 Å². The van der Waals surface area contributed by atoms with Crippen LogP contribution in [0.3, 0.4) is 0 Å². The van der Waals surface area contributed by atoms with Crippen molar-refractivity contribution in [3.63, 3.8) is 0 Å². The molecular formula is C14H14N2OS. The Morgan fingerprint density at radius 3 is 2.78 bits per heavy atom. The zero-order valence-electron chi connectivity index (χ0n) is 10.3. The van der Waals surface area contributed by atoms with Gasteiger partial charge in [0.25, 0.3) is 5.91 Å². The number of hydrogen-bond acceptors (Lipinski definition) is 3. The molecule has 0 saturated carbocycles. The van der Waals surface area contributed by atoms with Crippen LogP contribution in [0, 0.1) is 6.92 Å². The second kappa shape index (κ2) is 4.14. The van der Waals surface area contributed by atoms with Crippen LogP contribution in [-0.2, 0) is 0 Å². The molecule has 0 saturated heterocycles. The van der Waals surface area contributed by atoms with Gasteiger partial charge in [-0.05, 0) is 36.1 Å². The Kier molecular flexibility index (Phi) is 2.59. The third-order valence-electron chi connectivity index (χ3n) is 3.31. The molecular weight excluding hydrogens is 244 g/mol. The highest BCUT2D eigenvalue weighted by molar-refractivity contribution is 7.10. The first-order chi connectivity index (χ1) is 8.68. The van der Waals surface area contributed by atoms with Gasteiger partial charge in [-0.2, -0.15) is 0 Å². The zero-order chi connectivity index (χ0) is 12.7. The van der Waals surface area contributed by atoms with Crippen LogP contribution < -0.4 is 5.32 Å². The minimum atomic E-state index is -0.0626. The van der Waals surface area contributed by atoms with Gasteiger partial charge in [-0.25, -0.2) is 0 Å². The van der Waals surface area contributed by atoms with E-state index in [1.165, 1.54) is 10.4 Å². The summed E-state index contributed by atoms with van der Waals surface area (Å²) in [5.74, 6) is 0.0714. The first-order valence-electron chi connectivity index (χ1n) is 5.85. The van der Waals surface area contributed by atoms with Crippen LogP contribution in [0.2, 0.25) is 0 Å². The minimum absolute atomic E-state index is 0.0626. The van der Waals surface area contributed by atoms with Crippen molar-refractivity contribution < 1.29 is 4.79 Å². The molecule has 0 spiro atoms. The molecule has 3 rings (SSSR count). The van der Waals surface area contributed by atoms with Gasteiger partial charge in [0.1, 0.15) is 6.17 Å². The number of rotatable bonds is 1. The highest BCUT2D eigenvalue weighted by atomic mass is 32.1. The molecule has 3 nitrogen and oxygen atoms in total. The van der Waals surface area contributed by atoms with Crippen LogP contribution in [0.25, 0.3) is 0 Å². The summed E-state index contributed by atoms with van der Waals surface area (Å²) in [5, 5.41) is 5.50. The molecule has 2 aromatic rings. The van der Waals surface area contributed by atoms with E-state index in [9.17, 15) is 4.79 Å². The standard InChI is InChI=1S/C14H14N2OS/c1-9-7-8-18-12(9)13-15-11-6-4-3-5-10(11)14(17)16(13)2/h3-8,13,15H,1-2H3/t13-/m1/s1. The zero-order valence-corrected chi connectivity index (χ0v) is 11.1. The monoisotopic (exact) mass is 258 g/mol. The van der Waals surface area contributed by atoms with Crippen LogP contribution in [0.1, 0.15) is 27.0 Å². The number of anilines is 1. The molecule has 0 radical (unpaired) electrons. The topological polar surface area (TPSA) is 32.3 Å². The van der Waals surface area contributed by atoms with E-state index >= 15 is 0 Å². The Labute approximate surface area is 110 Å². The fraction of sp³-hybridized carbons (Fsp3) is 0.214. The average Bonchev–Trinajstić information content (AvgIpc) is 2.80. The van der Waals surface area contributed by atoms with Crippen molar-refractivity contribution in [2.75, 3.05) is 12.4 Å². The van der Waals surface area contributed by atoms with Crippen molar-refractivity contribution in [2.45, 2.75) is 13.1 Å². The molecule has 2 heterocycles. The number of nitrogens with zero attached hydrogens (tertiary/aromatic N) is 1. The molecule has 0 bridgehead atoms. The number of carbonyl (C=O) groups is 1. The number of nitrogens with one attached hydrogen (secondary N) is 1. The summed E-state index contributed by atoms with van der Waals surface area (Å²) >= 11 is 1.68. The van der Waals surface area contributed by atoms with Crippen molar-refractivity contribution in [1.82, 2.24) is 4.90 Å². The van der Waals surface area contributed by atoms with Gasteiger partial charge in [0, 0.05) is 12.7 Å². The number of thiophene rings is 1. The van der Waals surface area contributed by atoms with E-state index in [1.807, 2.05) is 31.3 Å². The van der Waals surface area contributed by atoms with Gasteiger partial charge in [-0.1, -0.05) is 12.1 Å². The number of benzene rings is 1. The van der Waals surface area contributed by atoms with E-state index in [1.54, 1.807) is 16.2 Å². The molecule has 1 N–H and O–H groups in total. The highest BCUT2D eigenvalue weighted by Crippen LogP contribution is 2.35. The molecule has 0 aliphatic carbocycles. The molecule has 1 aromatic carbocycles. The fourth-order valence-electron chi connectivity index (χ4n) is 2.25. The van der Waals surface area contributed by atoms with Gasteiger partial charge in [0.2, 0.25) is 0 Å². The molecule has 92 valence electrons. The van der Waals surface area contributed by atoms with Crippen molar-refractivity contribution in [2.24, 2.45) is 0 Å². The maximum Gasteiger partial charge on any atom is 0.257 e. The second-order valence-corrected chi connectivity index (χ2v) is 5.42. The summed E-state index contributed by atoms with van der Waals surface area (Å²) in [7, 11) is 1.84. The normalized spacial score (nSPS) is 18.4. The van der Waals surface area contributed by atoms with E-state index in [4.69, 9.17) is 0 Å². The van der Waals surface area contributed by atoms with Crippen molar-refractivity contribution in [3.8, 4) is 0 Å². The lowest BCUT2D eigenvalue weighted by Crippen LogP contribution is -2.40. The number of para-hydroxylation sites is 1. The molecule has 1 atom stereocenters. The Hall–Kier alpha value is -1.81. The summed E-state index contributed by atoms with van der Waals surface area (Å²) in [4.78, 5) is 15.3. The number of hydrogen-bond donors (Lipinski definition) is 1. The van der Waals surface area contributed by atoms with Gasteiger partial charge in [0.15, 0.2) is 0 Å². The molecule has 0 unspecified atom stereocenters. The van der Waals surface area contributed by atoms with Crippen molar-refractivity contribution in [3.05, 3.63) is 51.7 Å². The third kappa shape index (κ3) is 1.61. The summed E-state index contributed by atoms with van der Waals surface area (Å²) in [6.45, 7) is 2.08. The Balaban J connectivity index is 2.06. The Bertz CT molecular complexity index is 605. The molecule has 18 heavy (non-hydrogen) atoms. The molecule has 0 fully saturated rings. The molecule has 1 aliphatic heterocycles. The first-order valence-corrected chi connectivity index (χ1v) is 6.73. The summed E-state index contributed by atoms with van der Waals surface area (Å²) < 4.78 is 0. The Morgan fingerprint density at radius 2 is 2.06 bits per heavy atom. The van der Waals surface area contributed by atoms with E-state index in [0.717, 1.165) is 11.3 Å². The molecule has 1 aliphatic rings. The number of fused-ring (bicyclic) bond motifs is 1. The lowest BCUT2D eigenvalue weighted by molar-refractivity contribution is 0.0737. The first kappa shape index (κ1) is 11.3.